The summed E-state index contributed by atoms with van der Waals surface area (Å²) in [5.41, 5.74) is 0.406. The van der Waals surface area contributed by atoms with Gasteiger partial charge in [0, 0.05) is 0 Å². The van der Waals surface area contributed by atoms with Crippen molar-refractivity contribution < 1.29 is 14.3 Å². The standard InChI is InChI=1S/C11H14N2O3S/c1-16-11(15)7-4-6-17-10(7)13-9(14)8-3-2-5-12-8/h4,6,8,12H,2-3,5H2,1H3,(H,13,14). The number of rotatable bonds is 3. The number of hydrogen-bond acceptors (Lipinski definition) is 5. The number of nitrogens with one attached hydrogen (secondary N) is 2. The SMILES string of the molecule is COC(=O)c1ccsc1NC(=O)C1CCCN1. The molecule has 0 aromatic carbocycles. The molecule has 6 heteroatoms. The van der Waals surface area contributed by atoms with Crippen molar-refractivity contribution in [2.45, 2.75) is 18.9 Å². The van der Waals surface area contributed by atoms with Gasteiger partial charge in [-0.15, -0.1) is 11.3 Å². The lowest BCUT2D eigenvalue weighted by Crippen LogP contribution is -2.35. The molecule has 1 aromatic heterocycles. The topological polar surface area (TPSA) is 67.4 Å². The molecule has 1 amide bonds. The highest BCUT2D eigenvalue weighted by molar-refractivity contribution is 7.14. The molecule has 1 atom stereocenters. The minimum Gasteiger partial charge on any atom is -0.465 e. The van der Waals surface area contributed by atoms with E-state index in [0.29, 0.717) is 10.6 Å². The Morgan fingerprint density at radius 1 is 1.59 bits per heavy atom. The Hall–Kier alpha value is -1.40. The van der Waals surface area contributed by atoms with Gasteiger partial charge < -0.3 is 15.4 Å². The third kappa shape index (κ3) is 2.65. The molecule has 92 valence electrons. The maximum atomic E-state index is 11.9. The van der Waals surface area contributed by atoms with Crippen molar-refractivity contribution in [1.82, 2.24) is 5.32 Å². The molecule has 0 aliphatic carbocycles. The van der Waals surface area contributed by atoms with Crippen LogP contribution in [0.5, 0.6) is 0 Å². The molecule has 2 N–H and O–H groups in total. The number of anilines is 1. The molecule has 1 saturated heterocycles. The molecule has 1 aliphatic heterocycles. The molecule has 1 fully saturated rings. The molecule has 2 rings (SSSR count). The van der Waals surface area contributed by atoms with Crippen LogP contribution >= 0.6 is 11.3 Å². The van der Waals surface area contributed by atoms with Crippen LogP contribution in [0, 0.1) is 0 Å². The van der Waals surface area contributed by atoms with Crippen LogP contribution in [0.3, 0.4) is 0 Å². The number of hydrogen-bond donors (Lipinski definition) is 2. The molecule has 1 aromatic rings. The van der Waals surface area contributed by atoms with Crippen LogP contribution in [-0.2, 0) is 9.53 Å². The monoisotopic (exact) mass is 254 g/mol. The minimum atomic E-state index is -0.430. The van der Waals surface area contributed by atoms with Crippen LogP contribution in [0.15, 0.2) is 11.4 Å². The average molecular weight is 254 g/mol. The summed E-state index contributed by atoms with van der Waals surface area (Å²) >= 11 is 1.32. The van der Waals surface area contributed by atoms with Crippen molar-refractivity contribution in [1.29, 1.82) is 0 Å². The van der Waals surface area contributed by atoms with Gasteiger partial charge >= 0.3 is 5.97 Å². The number of amides is 1. The summed E-state index contributed by atoms with van der Waals surface area (Å²) in [6.07, 6.45) is 1.84. The Morgan fingerprint density at radius 2 is 2.41 bits per heavy atom. The molecule has 0 spiro atoms. The average Bonchev–Trinajstić information content (AvgIpc) is 2.98. The van der Waals surface area contributed by atoms with Gasteiger partial charge in [0.2, 0.25) is 5.91 Å². The Bertz CT molecular complexity index is 424. The van der Waals surface area contributed by atoms with Gasteiger partial charge in [-0.3, -0.25) is 4.79 Å². The maximum Gasteiger partial charge on any atom is 0.340 e. The Balaban J connectivity index is 2.05. The summed E-state index contributed by atoms with van der Waals surface area (Å²) in [5, 5.41) is 8.18. The highest BCUT2D eigenvalue weighted by Crippen LogP contribution is 2.24. The number of thiophene rings is 1. The van der Waals surface area contributed by atoms with E-state index in [-0.39, 0.29) is 11.9 Å². The molecule has 5 nitrogen and oxygen atoms in total. The Morgan fingerprint density at radius 3 is 3.06 bits per heavy atom. The van der Waals surface area contributed by atoms with E-state index in [9.17, 15) is 9.59 Å². The lowest BCUT2D eigenvalue weighted by Gasteiger charge is -2.10. The number of carbonyl (C=O) groups excluding carboxylic acids is 2. The maximum absolute atomic E-state index is 11.9. The minimum absolute atomic E-state index is 0.0879. The van der Waals surface area contributed by atoms with E-state index in [1.165, 1.54) is 18.4 Å². The summed E-state index contributed by atoms with van der Waals surface area (Å²) in [5.74, 6) is -0.518. The van der Waals surface area contributed by atoms with Gasteiger partial charge in [-0.25, -0.2) is 4.79 Å². The van der Waals surface area contributed by atoms with Crippen molar-refractivity contribution in [2.75, 3.05) is 19.0 Å². The van der Waals surface area contributed by atoms with Crippen LogP contribution in [0.2, 0.25) is 0 Å². The Labute approximate surface area is 103 Å². The number of methoxy groups -OCH3 is 1. The first-order chi connectivity index (χ1) is 8.22. The smallest absolute Gasteiger partial charge is 0.340 e. The van der Waals surface area contributed by atoms with Gasteiger partial charge in [-0.1, -0.05) is 0 Å². The second-order valence-electron chi connectivity index (χ2n) is 3.79. The molecule has 0 saturated carbocycles. The van der Waals surface area contributed by atoms with E-state index < -0.39 is 5.97 Å². The van der Waals surface area contributed by atoms with E-state index in [4.69, 9.17) is 0 Å². The van der Waals surface area contributed by atoms with Crippen molar-refractivity contribution in [3.63, 3.8) is 0 Å². The quantitative estimate of drug-likeness (QED) is 0.796. The first-order valence-corrected chi connectivity index (χ1v) is 6.30. The summed E-state index contributed by atoms with van der Waals surface area (Å²) in [4.78, 5) is 23.3. The zero-order chi connectivity index (χ0) is 12.3. The molecule has 1 unspecified atom stereocenters. The van der Waals surface area contributed by atoms with Crippen LogP contribution < -0.4 is 10.6 Å². The zero-order valence-electron chi connectivity index (χ0n) is 9.49. The normalized spacial score (nSPS) is 19.0. The van der Waals surface area contributed by atoms with Gasteiger partial charge in [-0.05, 0) is 30.8 Å². The highest BCUT2D eigenvalue weighted by atomic mass is 32.1. The fraction of sp³-hybridized carbons (Fsp3) is 0.455. The van der Waals surface area contributed by atoms with E-state index in [1.54, 1.807) is 11.4 Å². The molecule has 1 aliphatic rings. The Kier molecular flexibility index (Phi) is 3.75. The first-order valence-electron chi connectivity index (χ1n) is 5.42. The highest BCUT2D eigenvalue weighted by Gasteiger charge is 2.24. The predicted molar refractivity (Wildman–Crippen MR) is 65.3 cm³/mol. The van der Waals surface area contributed by atoms with Gasteiger partial charge in [0.1, 0.15) is 5.00 Å². The van der Waals surface area contributed by atoms with Gasteiger partial charge in [0.15, 0.2) is 0 Å². The molecular formula is C11H14N2O3S. The van der Waals surface area contributed by atoms with Crippen LogP contribution in [-0.4, -0.2) is 31.6 Å². The van der Waals surface area contributed by atoms with E-state index >= 15 is 0 Å². The van der Waals surface area contributed by atoms with E-state index in [0.717, 1.165) is 19.4 Å². The van der Waals surface area contributed by atoms with E-state index in [2.05, 4.69) is 15.4 Å². The number of esters is 1. The lowest BCUT2D eigenvalue weighted by molar-refractivity contribution is -0.117. The third-order valence-electron chi connectivity index (χ3n) is 2.68. The first kappa shape index (κ1) is 12.1. The second-order valence-corrected chi connectivity index (χ2v) is 4.71. The van der Waals surface area contributed by atoms with Crippen molar-refractivity contribution >= 4 is 28.2 Å². The van der Waals surface area contributed by atoms with Crippen LogP contribution in [0.4, 0.5) is 5.00 Å². The summed E-state index contributed by atoms with van der Waals surface area (Å²) in [7, 11) is 1.32. The molecule has 0 radical (unpaired) electrons. The zero-order valence-corrected chi connectivity index (χ0v) is 10.3. The van der Waals surface area contributed by atoms with Crippen molar-refractivity contribution in [2.24, 2.45) is 0 Å². The van der Waals surface area contributed by atoms with Crippen LogP contribution in [0.25, 0.3) is 0 Å². The summed E-state index contributed by atoms with van der Waals surface area (Å²) in [6, 6.07) is 1.50. The third-order valence-corrected chi connectivity index (χ3v) is 3.51. The molecule has 2 heterocycles. The van der Waals surface area contributed by atoms with Gasteiger partial charge in [0.05, 0.1) is 18.7 Å². The van der Waals surface area contributed by atoms with Crippen LogP contribution in [0.1, 0.15) is 23.2 Å². The summed E-state index contributed by atoms with van der Waals surface area (Å²) in [6.45, 7) is 0.867. The molecule has 0 bridgehead atoms. The lowest BCUT2D eigenvalue weighted by atomic mass is 10.2. The van der Waals surface area contributed by atoms with Gasteiger partial charge in [0.25, 0.3) is 0 Å². The largest absolute Gasteiger partial charge is 0.465 e. The van der Waals surface area contributed by atoms with E-state index in [1.807, 2.05) is 0 Å². The second kappa shape index (κ2) is 5.29. The van der Waals surface area contributed by atoms with Crippen molar-refractivity contribution in [3.05, 3.63) is 17.0 Å². The fourth-order valence-electron chi connectivity index (χ4n) is 1.78. The molecule has 17 heavy (non-hydrogen) atoms. The predicted octanol–water partition coefficient (Wildman–Crippen LogP) is 1.23. The number of carbonyl (C=O) groups is 2. The molecular weight excluding hydrogens is 240 g/mol. The fourth-order valence-corrected chi connectivity index (χ4v) is 2.56. The van der Waals surface area contributed by atoms with Crippen molar-refractivity contribution in [3.8, 4) is 0 Å². The number of ether oxygens (including phenoxy) is 1. The summed E-state index contributed by atoms with van der Waals surface area (Å²) < 4.78 is 4.64. The van der Waals surface area contributed by atoms with Gasteiger partial charge in [-0.2, -0.15) is 0 Å².